The van der Waals surface area contributed by atoms with E-state index in [-0.39, 0.29) is 4.90 Å². The summed E-state index contributed by atoms with van der Waals surface area (Å²) in [5, 5.41) is 8.22. The molecule has 10 heteroatoms. The topological polar surface area (TPSA) is 108 Å². The number of imidazole rings is 1. The van der Waals surface area contributed by atoms with E-state index in [0.717, 1.165) is 11.4 Å². The fraction of sp³-hybridized carbons (Fsp3) is 0.136. The lowest BCUT2D eigenvalue weighted by atomic mass is 10.2. The van der Waals surface area contributed by atoms with Gasteiger partial charge in [-0.2, -0.15) is 0 Å². The molecule has 0 saturated heterocycles. The number of hydrogen-bond donors (Lipinski definition) is 1. The Balaban J connectivity index is 1.44. The number of aryl methyl sites for hydroxylation is 2. The van der Waals surface area contributed by atoms with Crippen molar-refractivity contribution in [3.63, 3.8) is 0 Å². The van der Waals surface area contributed by atoms with Crippen LogP contribution in [0.15, 0.2) is 71.9 Å². The molecule has 0 spiro atoms. The first kappa shape index (κ1) is 21.3. The maximum absolute atomic E-state index is 12.7. The normalized spacial score (nSPS) is 11.2. The number of ether oxygens (including phenoxy) is 2. The van der Waals surface area contributed by atoms with Crippen molar-refractivity contribution in [1.29, 1.82) is 0 Å². The molecule has 4 aromatic rings. The number of hydrogen-bond acceptors (Lipinski definition) is 7. The van der Waals surface area contributed by atoms with Crippen LogP contribution in [0.5, 0.6) is 17.4 Å². The average molecular weight is 452 g/mol. The van der Waals surface area contributed by atoms with Gasteiger partial charge in [0.05, 0.1) is 12.0 Å². The summed E-state index contributed by atoms with van der Waals surface area (Å²) in [6.07, 6.45) is 3.49. The van der Waals surface area contributed by atoms with Gasteiger partial charge in [-0.1, -0.05) is 0 Å². The van der Waals surface area contributed by atoms with Crippen molar-refractivity contribution in [1.82, 2.24) is 19.7 Å². The van der Waals surface area contributed by atoms with Crippen LogP contribution in [0.25, 0.3) is 5.82 Å². The Kier molecular flexibility index (Phi) is 5.78. The van der Waals surface area contributed by atoms with Crippen LogP contribution in [-0.2, 0) is 10.0 Å². The molecule has 0 radical (unpaired) electrons. The molecule has 2 aromatic heterocycles. The Labute approximate surface area is 185 Å². The molecule has 0 aliphatic rings. The zero-order chi connectivity index (χ0) is 22.7. The molecule has 32 heavy (non-hydrogen) atoms. The van der Waals surface area contributed by atoms with Gasteiger partial charge in [0.2, 0.25) is 5.88 Å². The molecule has 4 rings (SSSR count). The Morgan fingerprint density at radius 2 is 1.75 bits per heavy atom. The van der Waals surface area contributed by atoms with Gasteiger partial charge in [-0.25, -0.2) is 13.4 Å². The summed E-state index contributed by atoms with van der Waals surface area (Å²) >= 11 is 0. The Morgan fingerprint density at radius 1 is 0.969 bits per heavy atom. The predicted molar refractivity (Wildman–Crippen MR) is 119 cm³/mol. The maximum Gasteiger partial charge on any atom is 0.261 e. The number of methoxy groups -OCH3 is 1. The third kappa shape index (κ3) is 4.54. The molecule has 164 valence electrons. The minimum atomic E-state index is -3.74. The van der Waals surface area contributed by atoms with Crippen LogP contribution in [0.2, 0.25) is 0 Å². The van der Waals surface area contributed by atoms with Crippen molar-refractivity contribution in [2.45, 2.75) is 18.7 Å². The number of benzene rings is 2. The van der Waals surface area contributed by atoms with Crippen molar-refractivity contribution in [3.8, 4) is 23.2 Å². The minimum absolute atomic E-state index is 0.152. The van der Waals surface area contributed by atoms with E-state index in [1.807, 2.05) is 11.5 Å². The van der Waals surface area contributed by atoms with Gasteiger partial charge in [0, 0.05) is 24.1 Å². The highest BCUT2D eigenvalue weighted by atomic mass is 32.2. The molecule has 2 aromatic carbocycles. The van der Waals surface area contributed by atoms with Crippen LogP contribution in [-0.4, -0.2) is 35.3 Å². The summed E-state index contributed by atoms with van der Waals surface area (Å²) in [5.41, 5.74) is 1.14. The lowest BCUT2D eigenvalue weighted by Crippen LogP contribution is -2.13. The number of rotatable bonds is 7. The van der Waals surface area contributed by atoms with Gasteiger partial charge in [0.15, 0.2) is 5.82 Å². The molecule has 0 fully saturated rings. The molecule has 1 N–H and O–H groups in total. The largest absolute Gasteiger partial charge is 0.496 e. The summed E-state index contributed by atoms with van der Waals surface area (Å²) in [6, 6.07) is 14.7. The maximum atomic E-state index is 12.7. The summed E-state index contributed by atoms with van der Waals surface area (Å²) in [7, 11) is -2.20. The summed E-state index contributed by atoms with van der Waals surface area (Å²) in [6.45, 7) is 3.66. The molecule has 0 atom stereocenters. The van der Waals surface area contributed by atoms with E-state index < -0.39 is 10.0 Å². The third-order valence-electron chi connectivity index (χ3n) is 4.70. The van der Waals surface area contributed by atoms with E-state index in [0.29, 0.717) is 28.9 Å². The van der Waals surface area contributed by atoms with Gasteiger partial charge in [-0.05, 0) is 67.9 Å². The zero-order valence-corrected chi connectivity index (χ0v) is 18.5. The fourth-order valence-electron chi connectivity index (χ4n) is 3.06. The molecule has 0 saturated carbocycles. The molecular weight excluding hydrogens is 430 g/mol. The van der Waals surface area contributed by atoms with Crippen molar-refractivity contribution in [3.05, 3.63) is 78.4 Å². The van der Waals surface area contributed by atoms with Crippen molar-refractivity contribution < 1.29 is 17.9 Å². The van der Waals surface area contributed by atoms with Crippen molar-refractivity contribution >= 4 is 15.7 Å². The first-order valence-electron chi connectivity index (χ1n) is 9.65. The van der Waals surface area contributed by atoms with Crippen LogP contribution < -0.4 is 14.2 Å². The second kappa shape index (κ2) is 8.67. The number of anilines is 1. The van der Waals surface area contributed by atoms with E-state index in [2.05, 4.69) is 19.9 Å². The number of nitrogens with one attached hydrogen (secondary N) is 1. The standard InChI is InChI=1S/C22H21N5O4S/c1-15-14-19(8-9-20(15)30-3)32(28,29)26-17-4-6-18(7-5-17)31-22-11-10-21(24-25-22)27-13-12-23-16(27)2/h4-14,26H,1-3H3. The molecule has 9 nitrogen and oxygen atoms in total. The minimum Gasteiger partial charge on any atom is -0.496 e. The zero-order valence-electron chi connectivity index (χ0n) is 17.7. The van der Waals surface area contributed by atoms with E-state index in [9.17, 15) is 8.42 Å². The lowest BCUT2D eigenvalue weighted by molar-refractivity contribution is 0.411. The molecule has 2 heterocycles. The second-order valence-electron chi connectivity index (χ2n) is 6.94. The second-order valence-corrected chi connectivity index (χ2v) is 8.62. The summed E-state index contributed by atoms with van der Waals surface area (Å²) in [5.74, 6) is 2.87. The highest BCUT2D eigenvalue weighted by Gasteiger charge is 2.16. The van der Waals surface area contributed by atoms with Crippen molar-refractivity contribution in [2.75, 3.05) is 11.8 Å². The highest BCUT2D eigenvalue weighted by Crippen LogP contribution is 2.25. The van der Waals surface area contributed by atoms with Crippen LogP contribution in [0.3, 0.4) is 0 Å². The van der Waals surface area contributed by atoms with Crippen LogP contribution in [0.4, 0.5) is 5.69 Å². The number of nitrogens with zero attached hydrogens (tertiary/aromatic N) is 4. The molecule has 0 bridgehead atoms. The van der Waals surface area contributed by atoms with Crippen LogP contribution >= 0.6 is 0 Å². The van der Waals surface area contributed by atoms with Gasteiger partial charge >= 0.3 is 0 Å². The van der Waals surface area contributed by atoms with E-state index >= 15 is 0 Å². The Hall–Kier alpha value is -3.92. The monoisotopic (exact) mass is 451 g/mol. The molecular formula is C22H21N5O4S. The van der Waals surface area contributed by atoms with Gasteiger partial charge in [0.25, 0.3) is 10.0 Å². The fourth-order valence-corrected chi connectivity index (χ4v) is 4.20. The van der Waals surface area contributed by atoms with Gasteiger partial charge < -0.3 is 9.47 Å². The Morgan fingerprint density at radius 3 is 2.34 bits per heavy atom. The van der Waals surface area contributed by atoms with Gasteiger partial charge in [-0.3, -0.25) is 9.29 Å². The molecule has 0 aliphatic heterocycles. The first-order chi connectivity index (χ1) is 15.4. The molecule has 0 unspecified atom stereocenters. The summed E-state index contributed by atoms with van der Waals surface area (Å²) < 4.78 is 40.6. The van der Waals surface area contributed by atoms with Crippen molar-refractivity contribution in [2.24, 2.45) is 0 Å². The SMILES string of the molecule is COc1ccc(S(=O)(=O)Nc2ccc(Oc3ccc(-n4ccnc4C)nn3)cc2)cc1C. The number of aromatic nitrogens is 4. The average Bonchev–Trinajstić information content (AvgIpc) is 3.21. The number of sulfonamides is 1. The Bertz CT molecular complexity index is 1330. The van der Waals surface area contributed by atoms with Crippen LogP contribution in [0.1, 0.15) is 11.4 Å². The predicted octanol–water partition coefficient (Wildman–Crippen LogP) is 3.88. The van der Waals surface area contributed by atoms with E-state index in [4.69, 9.17) is 9.47 Å². The van der Waals surface area contributed by atoms with E-state index in [1.165, 1.54) is 6.07 Å². The van der Waals surface area contributed by atoms with Gasteiger partial charge in [0.1, 0.15) is 17.3 Å². The quantitative estimate of drug-likeness (QED) is 0.454. The molecule has 0 aliphatic carbocycles. The van der Waals surface area contributed by atoms with E-state index in [1.54, 1.807) is 75.0 Å². The summed E-state index contributed by atoms with van der Waals surface area (Å²) in [4.78, 5) is 4.31. The highest BCUT2D eigenvalue weighted by molar-refractivity contribution is 7.92. The lowest BCUT2D eigenvalue weighted by Gasteiger charge is -2.11. The third-order valence-corrected chi connectivity index (χ3v) is 6.08. The molecule has 0 amide bonds. The smallest absolute Gasteiger partial charge is 0.261 e. The van der Waals surface area contributed by atoms with Crippen LogP contribution in [0, 0.1) is 13.8 Å². The first-order valence-corrected chi connectivity index (χ1v) is 11.1. The van der Waals surface area contributed by atoms with Gasteiger partial charge in [-0.15, -0.1) is 10.2 Å².